The highest BCUT2D eigenvalue weighted by molar-refractivity contribution is 6.23. The van der Waals surface area contributed by atoms with Gasteiger partial charge in [0.05, 0.1) is 17.0 Å². The van der Waals surface area contributed by atoms with Crippen molar-refractivity contribution in [3.05, 3.63) is 120 Å². The Labute approximate surface area is 231 Å². The number of fused-ring (bicyclic) bond motifs is 3. The number of nitrogens with zero attached hydrogens (tertiary/aromatic N) is 3. The zero-order chi connectivity index (χ0) is 24.5. The van der Waals surface area contributed by atoms with E-state index in [0.29, 0.717) is 17.1 Å². The van der Waals surface area contributed by atoms with E-state index in [9.17, 15) is 9.59 Å². The van der Waals surface area contributed by atoms with Crippen LogP contribution >= 0.6 is 24.8 Å². The number of rotatable bonds is 4. The number of aliphatic imine (C=N–C) groups is 1. The molecule has 190 valence electrons. The summed E-state index contributed by atoms with van der Waals surface area (Å²) < 4.78 is 1.80. The number of carbonyl (C=O) groups excluding carboxylic acids is 2. The summed E-state index contributed by atoms with van der Waals surface area (Å²) in [4.78, 5) is 34.4. The van der Waals surface area contributed by atoms with Crippen LogP contribution in [0.25, 0.3) is 16.6 Å². The average Bonchev–Trinajstić information content (AvgIpc) is 3.39. The van der Waals surface area contributed by atoms with Crippen LogP contribution in [0.3, 0.4) is 0 Å². The summed E-state index contributed by atoms with van der Waals surface area (Å²) in [6, 6.07) is 26.7. The number of hydrogen-bond donors (Lipinski definition) is 2. The highest BCUT2D eigenvalue weighted by atomic mass is 35.5. The van der Waals surface area contributed by atoms with Gasteiger partial charge < -0.3 is 15.2 Å². The molecule has 0 saturated carbocycles. The van der Waals surface area contributed by atoms with E-state index in [-0.39, 0.29) is 43.2 Å². The average molecular weight is 544 g/mol. The Kier molecular flexibility index (Phi) is 7.90. The molecule has 0 fully saturated rings. The molecule has 2 aromatic heterocycles. The molecule has 0 radical (unpaired) electrons. The fraction of sp³-hybridized carbons (Fsp3) is 0.0345. The van der Waals surface area contributed by atoms with Gasteiger partial charge in [0.2, 0.25) is 5.91 Å². The summed E-state index contributed by atoms with van der Waals surface area (Å²) in [5.74, 6) is 0.157. The molecule has 3 aromatic carbocycles. The van der Waals surface area contributed by atoms with Gasteiger partial charge in [-0.25, -0.2) is 4.98 Å². The minimum absolute atomic E-state index is 0. The number of pyridine rings is 1. The minimum atomic E-state index is -0.252. The maximum absolute atomic E-state index is 13.1. The third-order valence-corrected chi connectivity index (χ3v) is 6.13. The maximum Gasteiger partial charge on any atom is 0.259 e. The summed E-state index contributed by atoms with van der Waals surface area (Å²) in [5.41, 5.74) is 4.33. The highest BCUT2D eigenvalue weighted by Gasteiger charge is 2.20. The first-order chi connectivity index (χ1) is 17.7. The van der Waals surface area contributed by atoms with Crippen molar-refractivity contribution in [1.82, 2.24) is 9.55 Å². The van der Waals surface area contributed by atoms with Crippen molar-refractivity contribution >= 4 is 64.5 Å². The number of aromatic nitrogens is 2. The Bertz CT molecular complexity index is 1650. The van der Waals surface area contributed by atoms with Crippen molar-refractivity contribution < 1.29 is 9.59 Å². The maximum atomic E-state index is 13.1. The Morgan fingerprint density at radius 2 is 1.63 bits per heavy atom. The molecule has 1 aliphatic rings. The van der Waals surface area contributed by atoms with Gasteiger partial charge >= 0.3 is 0 Å². The van der Waals surface area contributed by atoms with Gasteiger partial charge in [-0.2, -0.15) is 0 Å². The fourth-order valence-corrected chi connectivity index (χ4v) is 4.43. The Balaban J connectivity index is 0.00000168. The van der Waals surface area contributed by atoms with Gasteiger partial charge in [-0.05, 0) is 41.8 Å². The molecule has 0 atom stereocenters. The zero-order valence-corrected chi connectivity index (χ0v) is 21.6. The van der Waals surface area contributed by atoms with Gasteiger partial charge in [-0.15, -0.1) is 24.8 Å². The van der Waals surface area contributed by atoms with Gasteiger partial charge in [0.15, 0.2) is 0 Å². The second-order valence-corrected chi connectivity index (χ2v) is 8.42. The molecule has 3 heterocycles. The number of carbonyl (C=O) groups is 2. The smallest absolute Gasteiger partial charge is 0.259 e. The lowest BCUT2D eigenvalue weighted by Crippen LogP contribution is -2.15. The third-order valence-electron chi connectivity index (χ3n) is 6.13. The van der Waals surface area contributed by atoms with Crippen molar-refractivity contribution in [2.45, 2.75) is 0 Å². The van der Waals surface area contributed by atoms with Gasteiger partial charge in [-0.1, -0.05) is 48.5 Å². The number of hydrogen-bond acceptors (Lipinski definition) is 4. The van der Waals surface area contributed by atoms with E-state index in [2.05, 4.69) is 20.6 Å². The molecular formula is C29H23Cl2N5O2. The molecule has 0 aliphatic carbocycles. The Morgan fingerprint density at radius 1 is 0.868 bits per heavy atom. The standard InChI is InChI=1S/C29H21N5O2.2ClH/c35-25-18-31-26(23-14-11-19-6-1-2-7-22(19)27(23)33-25)20-9-12-21(13-10-20)32-29(36)24-8-5-15-30-28(24)34-16-3-4-17-34;;/h1-17H,18H2,(H,32,36)(H,33,35);2*1H. The molecule has 2 N–H and O–H groups in total. The normalized spacial score (nSPS) is 12.2. The zero-order valence-electron chi connectivity index (χ0n) is 20.0. The fourth-order valence-electron chi connectivity index (χ4n) is 4.43. The highest BCUT2D eigenvalue weighted by Crippen LogP contribution is 2.31. The Morgan fingerprint density at radius 3 is 2.42 bits per heavy atom. The first kappa shape index (κ1) is 26.6. The summed E-state index contributed by atoms with van der Waals surface area (Å²) in [6.45, 7) is 0.0417. The molecule has 0 spiro atoms. The number of anilines is 2. The van der Waals surface area contributed by atoms with Gasteiger partial charge in [-0.3, -0.25) is 14.6 Å². The van der Waals surface area contributed by atoms with Crippen LogP contribution in [-0.4, -0.2) is 33.6 Å². The van der Waals surface area contributed by atoms with Gasteiger partial charge in [0, 0.05) is 40.8 Å². The van der Waals surface area contributed by atoms with Crippen LogP contribution in [0.15, 0.2) is 109 Å². The van der Waals surface area contributed by atoms with Crippen molar-refractivity contribution in [2.24, 2.45) is 4.99 Å². The monoisotopic (exact) mass is 543 g/mol. The van der Waals surface area contributed by atoms with Crippen molar-refractivity contribution in [3.63, 3.8) is 0 Å². The quantitative estimate of drug-likeness (QED) is 0.295. The van der Waals surface area contributed by atoms with E-state index < -0.39 is 0 Å². The summed E-state index contributed by atoms with van der Waals surface area (Å²) in [5, 5.41) is 7.99. The summed E-state index contributed by atoms with van der Waals surface area (Å²) >= 11 is 0. The van der Waals surface area contributed by atoms with Crippen LogP contribution in [0, 0.1) is 0 Å². The van der Waals surface area contributed by atoms with E-state index in [0.717, 1.165) is 33.3 Å². The first-order valence-electron chi connectivity index (χ1n) is 11.5. The molecule has 5 aromatic rings. The molecule has 9 heteroatoms. The molecule has 2 amide bonds. The van der Waals surface area contributed by atoms with E-state index in [4.69, 9.17) is 0 Å². The molecule has 0 saturated heterocycles. The van der Waals surface area contributed by atoms with Crippen LogP contribution < -0.4 is 10.6 Å². The van der Waals surface area contributed by atoms with E-state index in [1.807, 2.05) is 85.2 Å². The van der Waals surface area contributed by atoms with Crippen LogP contribution in [0.1, 0.15) is 21.5 Å². The lowest BCUT2D eigenvalue weighted by Gasteiger charge is -2.14. The molecular weight excluding hydrogens is 521 g/mol. The Hall–Kier alpha value is -4.46. The number of amides is 2. The second kappa shape index (κ2) is 11.3. The van der Waals surface area contributed by atoms with Gasteiger partial charge in [0.25, 0.3) is 5.91 Å². The summed E-state index contributed by atoms with van der Waals surface area (Å²) in [6.07, 6.45) is 5.36. The molecule has 1 aliphatic heterocycles. The number of halogens is 2. The topological polar surface area (TPSA) is 88.4 Å². The number of benzene rings is 3. The van der Waals surface area contributed by atoms with Crippen molar-refractivity contribution in [1.29, 1.82) is 0 Å². The predicted octanol–water partition coefficient (Wildman–Crippen LogP) is 5.91. The third kappa shape index (κ3) is 5.02. The van der Waals surface area contributed by atoms with Crippen LogP contribution in [0.4, 0.5) is 11.4 Å². The lowest BCUT2D eigenvalue weighted by atomic mass is 9.96. The molecule has 0 unspecified atom stereocenters. The van der Waals surface area contributed by atoms with Crippen LogP contribution in [0.5, 0.6) is 0 Å². The number of nitrogens with one attached hydrogen (secondary N) is 2. The second-order valence-electron chi connectivity index (χ2n) is 8.42. The predicted molar refractivity (Wildman–Crippen MR) is 156 cm³/mol. The molecule has 7 nitrogen and oxygen atoms in total. The van der Waals surface area contributed by atoms with Crippen LogP contribution in [-0.2, 0) is 4.79 Å². The van der Waals surface area contributed by atoms with E-state index in [1.54, 1.807) is 22.9 Å². The van der Waals surface area contributed by atoms with E-state index >= 15 is 0 Å². The van der Waals surface area contributed by atoms with Crippen molar-refractivity contribution in [3.8, 4) is 5.82 Å². The molecule has 6 rings (SSSR count). The molecule has 38 heavy (non-hydrogen) atoms. The largest absolute Gasteiger partial charge is 0.323 e. The summed E-state index contributed by atoms with van der Waals surface area (Å²) in [7, 11) is 0. The molecule has 0 bridgehead atoms. The van der Waals surface area contributed by atoms with Crippen molar-refractivity contribution in [2.75, 3.05) is 17.2 Å². The first-order valence-corrected chi connectivity index (χ1v) is 11.5. The minimum Gasteiger partial charge on any atom is -0.323 e. The van der Waals surface area contributed by atoms with Gasteiger partial charge in [0.1, 0.15) is 12.4 Å². The SMILES string of the molecule is Cl.Cl.O=C1CN=C(c2ccc(NC(=O)c3cccnc3-n3cccc3)cc2)c2ccc3ccccc3c2N1. The van der Waals surface area contributed by atoms with Crippen LogP contribution in [0.2, 0.25) is 0 Å². The van der Waals surface area contributed by atoms with E-state index in [1.165, 1.54) is 0 Å². The lowest BCUT2D eigenvalue weighted by molar-refractivity contribution is -0.114.